The zero-order valence-electron chi connectivity index (χ0n) is 9.94. The molecule has 0 aliphatic carbocycles. The maximum absolute atomic E-state index is 11.9. The number of rotatable bonds is 2. The highest BCUT2D eigenvalue weighted by Gasteiger charge is 2.07. The molecule has 94 valence electrons. The van der Waals surface area contributed by atoms with Crippen molar-refractivity contribution >= 4 is 22.1 Å². The molecule has 3 rings (SSSR count). The van der Waals surface area contributed by atoms with Gasteiger partial charge < -0.3 is 5.32 Å². The Bertz CT molecular complexity index is 834. The molecule has 0 saturated carbocycles. The summed E-state index contributed by atoms with van der Waals surface area (Å²) in [6, 6.07) is 14.6. The van der Waals surface area contributed by atoms with Crippen LogP contribution < -0.4 is 16.4 Å². The molecule has 0 fully saturated rings. The van der Waals surface area contributed by atoms with Gasteiger partial charge in [-0.1, -0.05) is 24.3 Å². The predicted molar refractivity (Wildman–Crippen MR) is 74.9 cm³/mol. The lowest BCUT2D eigenvalue weighted by molar-refractivity contribution is 0.977. The van der Waals surface area contributed by atoms with Crippen LogP contribution in [0.2, 0.25) is 0 Å². The molecule has 3 aromatic rings. The summed E-state index contributed by atoms with van der Waals surface area (Å²) in [6.07, 6.45) is 0. The summed E-state index contributed by atoms with van der Waals surface area (Å²) in [5, 5.41) is 8.51. The Morgan fingerprint density at radius 3 is 2.32 bits per heavy atom. The van der Waals surface area contributed by atoms with E-state index < -0.39 is 0 Å². The van der Waals surface area contributed by atoms with Crippen LogP contribution in [0.5, 0.6) is 0 Å². The Hall–Kier alpha value is -2.82. The number of aromatic nitrogens is 2. The standard InChI is InChI=1S/C14H11N3O2/c18-13-10-7-4-8-11(12(10)14(19)17-16-13)15-9-5-2-1-3-6-9/h1-8,15H,(H,16,18)(H,17,19). The Morgan fingerprint density at radius 1 is 0.789 bits per heavy atom. The van der Waals surface area contributed by atoms with Crippen LogP contribution in [0.25, 0.3) is 10.8 Å². The van der Waals surface area contributed by atoms with E-state index in [2.05, 4.69) is 15.5 Å². The van der Waals surface area contributed by atoms with Crippen LogP contribution in [0.15, 0.2) is 58.1 Å². The zero-order valence-corrected chi connectivity index (χ0v) is 9.94. The average Bonchev–Trinajstić information content (AvgIpc) is 2.44. The Morgan fingerprint density at radius 2 is 1.53 bits per heavy atom. The van der Waals surface area contributed by atoms with Gasteiger partial charge in [-0.15, -0.1) is 0 Å². The topological polar surface area (TPSA) is 77.8 Å². The molecule has 0 unspecified atom stereocenters. The molecule has 19 heavy (non-hydrogen) atoms. The summed E-state index contributed by atoms with van der Waals surface area (Å²) in [7, 11) is 0. The van der Waals surface area contributed by atoms with Gasteiger partial charge in [0.15, 0.2) is 0 Å². The Kier molecular flexibility index (Phi) is 2.64. The van der Waals surface area contributed by atoms with Crippen LogP contribution in [0.3, 0.4) is 0 Å². The minimum absolute atomic E-state index is 0.314. The smallest absolute Gasteiger partial charge is 0.272 e. The monoisotopic (exact) mass is 253 g/mol. The molecule has 5 nitrogen and oxygen atoms in total. The molecule has 0 bridgehead atoms. The van der Waals surface area contributed by atoms with Crippen molar-refractivity contribution in [3.05, 3.63) is 69.2 Å². The molecule has 0 aliphatic rings. The summed E-state index contributed by atoms with van der Waals surface area (Å²) in [4.78, 5) is 23.6. The van der Waals surface area contributed by atoms with Gasteiger partial charge in [-0.25, -0.2) is 0 Å². The van der Waals surface area contributed by atoms with E-state index in [-0.39, 0.29) is 11.1 Å². The van der Waals surface area contributed by atoms with Gasteiger partial charge in [0, 0.05) is 5.69 Å². The second-order valence-electron chi connectivity index (χ2n) is 4.13. The summed E-state index contributed by atoms with van der Waals surface area (Å²) in [5.74, 6) is 0. The third-order valence-corrected chi connectivity index (χ3v) is 2.88. The van der Waals surface area contributed by atoms with Gasteiger partial charge in [0.1, 0.15) is 0 Å². The molecule has 0 saturated heterocycles. The number of nitrogens with one attached hydrogen (secondary N) is 3. The lowest BCUT2D eigenvalue weighted by Crippen LogP contribution is -2.19. The Labute approximate surface area is 107 Å². The number of hydrogen-bond donors (Lipinski definition) is 3. The van der Waals surface area contributed by atoms with Gasteiger partial charge in [-0.05, 0) is 24.3 Å². The molecular weight excluding hydrogens is 242 g/mol. The van der Waals surface area contributed by atoms with Crippen LogP contribution in [0.4, 0.5) is 11.4 Å². The fourth-order valence-corrected chi connectivity index (χ4v) is 2.01. The zero-order chi connectivity index (χ0) is 13.2. The molecule has 0 amide bonds. The molecule has 5 heteroatoms. The van der Waals surface area contributed by atoms with Crippen molar-refractivity contribution in [2.75, 3.05) is 5.32 Å². The minimum Gasteiger partial charge on any atom is -0.355 e. The second-order valence-corrected chi connectivity index (χ2v) is 4.13. The first-order chi connectivity index (χ1) is 9.25. The summed E-state index contributed by atoms with van der Waals surface area (Å²) >= 11 is 0. The van der Waals surface area contributed by atoms with Crippen molar-refractivity contribution in [2.45, 2.75) is 0 Å². The fourth-order valence-electron chi connectivity index (χ4n) is 2.01. The van der Waals surface area contributed by atoms with E-state index in [4.69, 9.17) is 0 Å². The van der Waals surface area contributed by atoms with Crippen molar-refractivity contribution in [2.24, 2.45) is 0 Å². The van der Waals surface area contributed by atoms with Gasteiger partial charge in [0.05, 0.1) is 16.5 Å². The maximum Gasteiger partial charge on any atom is 0.272 e. The van der Waals surface area contributed by atoms with Gasteiger partial charge in [-0.2, -0.15) is 0 Å². The highest BCUT2D eigenvalue weighted by molar-refractivity contribution is 5.93. The second kappa shape index (κ2) is 4.45. The van der Waals surface area contributed by atoms with Gasteiger partial charge in [0.25, 0.3) is 11.1 Å². The molecule has 0 atom stereocenters. The first-order valence-electron chi connectivity index (χ1n) is 5.81. The van der Waals surface area contributed by atoms with Crippen molar-refractivity contribution in [1.29, 1.82) is 0 Å². The molecule has 2 aromatic carbocycles. The molecule has 1 aromatic heterocycles. The summed E-state index contributed by atoms with van der Waals surface area (Å²) in [6.45, 7) is 0. The van der Waals surface area contributed by atoms with E-state index in [0.29, 0.717) is 16.5 Å². The minimum atomic E-state index is -0.325. The lowest BCUT2D eigenvalue weighted by atomic mass is 10.1. The van der Waals surface area contributed by atoms with E-state index >= 15 is 0 Å². The van der Waals surface area contributed by atoms with Crippen LogP contribution in [0, 0.1) is 0 Å². The highest BCUT2D eigenvalue weighted by Crippen LogP contribution is 2.21. The van der Waals surface area contributed by atoms with Crippen LogP contribution in [-0.4, -0.2) is 10.2 Å². The number of para-hydroxylation sites is 1. The first-order valence-corrected chi connectivity index (χ1v) is 5.81. The molecule has 1 heterocycles. The van der Waals surface area contributed by atoms with Crippen LogP contribution >= 0.6 is 0 Å². The average molecular weight is 253 g/mol. The quantitative estimate of drug-likeness (QED) is 0.653. The van der Waals surface area contributed by atoms with E-state index in [9.17, 15) is 9.59 Å². The number of H-pyrrole nitrogens is 2. The fraction of sp³-hybridized carbons (Fsp3) is 0. The lowest BCUT2D eigenvalue weighted by Gasteiger charge is -2.08. The number of aromatic amines is 2. The van der Waals surface area contributed by atoms with E-state index in [1.54, 1.807) is 18.2 Å². The normalized spacial score (nSPS) is 10.5. The number of fused-ring (bicyclic) bond motifs is 1. The summed E-state index contributed by atoms with van der Waals surface area (Å²) in [5.41, 5.74) is 0.825. The summed E-state index contributed by atoms with van der Waals surface area (Å²) < 4.78 is 0. The molecule has 3 N–H and O–H groups in total. The molecule has 0 radical (unpaired) electrons. The number of hydrogen-bond acceptors (Lipinski definition) is 3. The van der Waals surface area contributed by atoms with E-state index in [0.717, 1.165) is 5.69 Å². The van der Waals surface area contributed by atoms with Crippen molar-refractivity contribution in [3.8, 4) is 0 Å². The van der Waals surface area contributed by atoms with E-state index in [1.165, 1.54) is 0 Å². The van der Waals surface area contributed by atoms with Crippen LogP contribution in [0.1, 0.15) is 0 Å². The maximum atomic E-state index is 11.9. The molecule has 0 spiro atoms. The Balaban J connectivity index is 2.23. The van der Waals surface area contributed by atoms with Crippen molar-refractivity contribution < 1.29 is 0 Å². The van der Waals surface area contributed by atoms with Gasteiger partial charge in [0.2, 0.25) is 0 Å². The molecular formula is C14H11N3O2. The van der Waals surface area contributed by atoms with Gasteiger partial charge >= 0.3 is 0 Å². The SMILES string of the molecule is O=c1[nH][nH]c(=O)c2c(Nc3ccccc3)cccc12. The van der Waals surface area contributed by atoms with Crippen molar-refractivity contribution in [1.82, 2.24) is 10.2 Å². The number of anilines is 2. The van der Waals surface area contributed by atoms with E-state index in [1.807, 2.05) is 30.3 Å². The molecule has 0 aliphatic heterocycles. The van der Waals surface area contributed by atoms with Gasteiger partial charge in [-0.3, -0.25) is 19.8 Å². The van der Waals surface area contributed by atoms with Crippen LogP contribution in [-0.2, 0) is 0 Å². The highest BCUT2D eigenvalue weighted by atomic mass is 16.1. The first kappa shape index (κ1) is 11.3. The predicted octanol–water partition coefficient (Wildman–Crippen LogP) is 1.96. The van der Waals surface area contributed by atoms with Crippen molar-refractivity contribution in [3.63, 3.8) is 0 Å². The third kappa shape index (κ3) is 2.01. The third-order valence-electron chi connectivity index (χ3n) is 2.88. The number of benzene rings is 2. The largest absolute Gasteiger partial charge is 0.355 e.